The normalized spacial score (nSPS) is 18.1. The van der Waals surface area contributed by atoms with E-state index in [2.05, 4.69) is 58.5 Å². The van der Waals surface area contributed by atoms with Crippen molar-refractivity contribution in [2.45, 2.75) is 38.4 Å². The molecule has 6 rings (SSSR count). The number of benzene rings is 2. The molecule has 2 aromatic carbocycles. The summed E-state index contributed by atoms with van der Waals surface area (Å²) in [6, 6.07) is 15.8. The summed E-state index contributed by atoms with van der Waals surface area (Å²) in [6.07, 6.45) is 4.09. The van der Waals surface area contributed by atoms with Gasteiger partial charge in [0.25, 0.3) is 0 Å². The minimum absolute atomic E-state index is 0.300. The van der Waals surface area contributed by atoms with Crippen LogP contribution in [0.25, 0.3) is 22.4 Å². The molecule has 2 unspecified atom stereocenters. The Morgan fingerprint density at radius 2 is 1.57 bits per heavy atom. The van der Waals surface area contributed by atoms with Gasteiger partial charge in [-0.2, -0.15) is 5.10 Å². The summed E-state index contributed by atoms with van der Waals surface area (Å²) in [5, 5.41) is 11.4. The number of amides is 2. The standard InChI is InChI=1S/C31H39N9O2/c1-5-39-29-27(18-32-39)30(40-25-14-15-26(40)20-42-19-25)36-28(35-29)21-6-8-22(9-7-21)33-31(41)34-23-10-12-24(13-11-23)38(4)17-16-37(2)3/h6-13,18,25-26H,5,14-17,19-20H2,1-4H3,(H2,33,34,41). The number of nitrogens with one attached hydrogen (secondary N) is 2. The molecule has 0 aliphatic carbocycles. The summed E-state index contributed by atoms with van der Waals surface area (Å²) in [4.78, 5) is 29.5. The minimum atomic E-state index is -0.300. The van der Waals surface area contributed by atoms with Crippen LogP contribution >= 0.6 is 0 Å². The third kappa shape index (κ3) is 5.75. The zero-order valence-corrected chi connectivity index (χ0v) is 24.7. The Morgan fingerprint density at radius 1 is 0.929 bits per heavy atom. The fourth-order valence-electron chi connectivity index (χ4n) is 5.75. The van der Waals surface area contributed by atoms with Gasteiger partial charge in [0.05, 0.1) is 36.9 Å². The topological polar surface area (TPSA) is 104 Å². The van der Waals surface area contributed by atoms with Gasteiger partial charge in [-0.25, -0.2) is 19.4 Å². The van der Waals surface area contributed by atoms with Crippen molar-refractivity contribution in [3.63, 3.8) is 0 Å². The summed E-state index contributed by atoms with van der Waals surface area (Å²) in [6.45, 7) is 6.13. The number of aromatic nitrogens is 4. The molecular weight excluding hydrogens is 530 g/mol. The highest BCUT2D eigenvalue weighted by molar-refractivity contribution is 6.00. The zero-order chi connectivity index (χ0) is 29.2. The molecule has 2 fully saturated rings. The number of ether oxygens (including phenoxy) is 1. The number of rotatable bonds is 9. The van der Waals surface area contributed by atoms with Crippen molar-refractivity contribution in [1.82, 2.24) is 24.6 Å². The van der Waals surface area contributed by atoms with Gasteiger partial charge >= 0.3 is 6.03 Å². The maximum Gasteiger partial charge on any atom is 0.323 e. The average Bonchev–Trinajstić information content (AvgIpc) is 3.52. The number of hydrogen-bond donors (Lipinski definition) is 2. The second-order valence-corrected chi connectivity index (χ2v) is 11.3. The molecule has 2 atom stereocenters. The quantitative estimate of drug-likeness (QED) is 0.303. The van der Waals surface area contributed by atoms with Crippen LogP contribution in [0.15, 0.2) is 54.7 Å². The van der Waals surface area contributed by atoms with Gasteiger partial charge < -0.3 is 30.1 Å². The number of aryl methyl sites for hydroxylation is 1. The van der Waals surface area contributed by atoms with E-state index in [0.717, 1.165) is 79.5 Å². The summed E-state index contributed by atoms with van der Waals surface area (Å²) in [7, 11) is 6.19. The van der Waals surface area contributed by atoms with E-state index in [1.165, 1.54) is 0 Å². The van der Waals surface area contributed by atoms with Crippen LogP contribution in [0.1, 0.15) is 19.8 Å². The molecule has 42 heavy (non-hydrogen) atoms. The SMILES string of the molecule is CCn1ncc2c(N3C4CCC3COC4)nc(-c3ccc(NC(=O)Nc4ccc(N(C)CCN(C)C)cc4)cc3)nc21. The smallest absolute Gasteiger partial charge is 0.323 e. The van der Waals surface area contributed by atoms with Gasteiger partial charge in [0.2, 0.25) is 0 Å². The Bertz CT molecular complexity index is 1520. The monoisotopic (exact) mass is 569 g/mol. The first-order chi connectivity index (χ1) is 20.4. The number of nitrogens with zero attached hydrogens (tertiary/aromatic N) is 7. The highest BCUT2D eigenvalue weighted by atomic mass is 16.5. The number of morpholine rings is 1. The van der Waals surface area contributed by atoms with Gasteiger partial charge in [-0.15, -0.1) is 0 Å². The molecule has 11 nitrogen and oxygen atoms in total. The first kappa shape index (κ1) is 27.9. The summed E-state index contributed by atoms with van der Waals surface area (Å²) >= 11 is 0. The Labute approximate surface area is 246 Å². The van der Waals surface area contributed by atoms with Crippen LogP contribution in [0, 0.1) is 0 Å². The van der Waals surface area contributed by atoms with E-state index in [1.807, 2.05) is 59.4 Å². The number of urea groups is 1. The molecule has 0 saturated carbocycles. The summed E-state index contributed by atoms with van der Waals surface area (Å²) < 4.78 is 7.74. The second kappa shape index (κ2) is 11.9. The Hall–Kier alpha value is -4.22. The van der Waals surface area contributed by atoms with Crippen molar-refractivity contribution in [2.24, 2.45) is 0 Å². The molecule has 2 aliphatic heterocycles. The first-order valence-electron chi connectivity index (χ1n) is 14.6. The lowest BCUT2D eigenvalue weighted by Gasteiger charge is -2.36. The highest BCUT2D eigenvalue weighted by Crippen LogP contribution is 2.37. The molecule has 2 bridgehead atoms. The van der Waals surface area contributed by atoms with Crippen LogP contribution in [-0.4, -0.2) is 90.2 Å². The number of carbonyl (C=O) groups is 1. The molecule has 2 N–H and O–H groups in total. The number of likely N-dealkylation sites (N-methyl/N-ethyl adjacent to an activating group) is 2. The zero-order valence-electron chi connectivity index (χ0n) is 24.7. The third-order valence-corrected chi connectivity index (χ3v) is 8.11. The molecule has 4 aromatic rings. The molecule has 220 valence electrons. The van der Waals surface area contributed by atoms with Crippen molar-refractivity contribution < 1.29 is 9.53 Å². The van der Waals surface area contributed by atoms with Crippen molar-refractivity contribution >= 4 is 39.9 Å². The summed E-state index contributed by atoms with van der Waals surface area (Å²) in [5.74, 6) is 1.58. The number of fused-ring (bicyclic) bond motifs is 3. The van der Waals surface area contributed by atoms with Gasteiger partial charge in [0, 0.05) is 49.3 Å². The molecule has 2 amide bonds. The maximum absolute atomic E-state index is 12.7. The maximum atomic E-state index is 12.7. The Kier molecular flexibility index (Phi) is 7.94. The van der Waals surface area contributed by atoms with Crippen LogP contribution in [0.3, 0.4) is 0 Å². The molecule has 11 heteroatoms. The van der Waals surface area contributed by atoms with E-state index in [9.17, 15) is 4.79 Å². The molecule has 2 aromatic heterocycles. The lowest BCUT2D eigenvalue weighted by Crippen LogP contribution is -2.46. The first-order valence-corrected chi connectivity index (χ1v) is 14.6. The van der Waals surface area contributed by atoms with Gasteiger partial charge in [0.1, 0.15) is 5.82 Å². The number of anilines is 4. The lowest BCUT2D eigenvalue weighted by molar-refractivity contribution is 0.0904. The van der Waals surface area contributed by atoms with E-state index in [4.69, 9.17) is 14.7 Å². The van der Waals surface area contributed by atoms with E-state index in [-0.39, 0.29) is 6.03 Å². The fourth-order valence-corrected chi connectivity index (χ4v) is 5.75. The van der Waals surface area contributed by atoms with Crippen molar-refractivity contribution in [2.75, 3.05) is 67.9 Å². The molecule has 0 radical (unpaired) electrons. The molecular formula is C31H39N9O2. The highest BCUT2D eigenvalue weighted by Gasteiger charge is 2.39. The van der Waals surface area contributed by atoms with Crippen LogP contribution in [0.2, 0.25) is 0 Å². The number of hydrogen-bond acceptors (Lipinski definition) is 8. The van der Waals surface area contributed by atoms with Crippen LogP contribution in [0.4, 0.5) is 27.7 Å². The Morgan fingerprint density at radius 3 is 2.19 bits per heavy atom. The van der Waals surface area contributed by atoms with Gasteiger partial charge in [-0.05, 0) is 82.4 Å². The number of carbonyl (C=O) groups excluding carboxylic acids is 1. The van der Waals surface area contributed by atoms with Crippen LogP contribution in [0.5, 0.6) is 0 Å². The van der Waals surface area contributed by atoms with Crippen LogP contribution in [-0.2, 0) is 11.3 Å². The average molecular weight is 570 g/mol. The molecule has 4 heterocycles. The predicted molar refractivity (Wildman–Crippen MR) is 167 cm³/mol. The van der Waals surface area contributed by atoms with E-state index >= 15 is 0 Å². The molecule has 2 saturated heterocycles. The predicted octanol–water partition coefficient (Wildman–Crippen LogP) is 4.52. The van der Waals surface area contributed by atoms with Crippen molar-refractivity contribution in [1.29, 1.82) is 0 Å². The van der Waals surface area contributed by atoms with Crippen molar-refractivity contribution in [3.05, 3.63) is 54.7 Å². The fraction of sp³-hybridized carbons (Fsp3) is 0.419. The molecule has 0 spiro atoms. The lowest BCUT2D eigenvalue weighted by atomic mass is 10.1. The third-order valence-electron chi connectivity index (χ3n) is 8.11. The van der Waals surface area contributed by atoms with E-state index in [0.29, 0.717) is 23.6 Å². The van der Waals surface area contributed by atoms with E-state index < -0.39 is 0 Å². The minimum Gasteiger partial charge on any atom is -0.377 e. The van der Waals surface area contributed by atoms with E-state index in [1.54, 1.807) is 0 Å². The van der Waals surface area contributed by atoms with Gasteiger partial charge in [-0.1, -0.05) is 0 Å². The largest absolute Gasteiger partial charge is 0.377 e. The van der Waals surface area contributed by atoms with Gasteiger partial charge in [0.15, 0.2) is 11.5 Å². The summed E-state index contributed by atoms with van der Waals surface area (Å²) in [5.41, 5.74) is 4.22. The Balaban J connectivity index is 1.16. The van der Waals surface area contributed by atoms with Gasteiger partial charge in [-0.3, -0.25) is 0 Å². The van der Waals surface area contributed by atoms with Crippen LogP contribution < -0.4 is 20.4 Å². The second-order valence-electron chi connectivity index (χ2n) is 11.3. The molecule has 2 aliphatic rings. The van der Waals surface area contributed by atoms with Crippen molar-refractivity contribution in [3.8, 4) is 11.4 Å².